The molecule has 6 rings (SSSR count). The van der Waals surface area contributed by atoms with E-state index in [-0.39, 0.29) is 30.5 Å². The van der Waals surface area contributed by atoms with Crippen molar-refractivity contribution in [3.63, 3.8) is 0 Å². The summed E-state index contributed by atoms with van der Waals surface area (Å²) in [5, 5.41) is 18.1. The lowest BCUT2D eigenvalue weighted by Gasteiger charge is -2.58. The quantitative estimate of drug-likeness (QED) is 0.305. The summed E-state index contributed by atoms with van der Waals surface area (Å²) in [6, 6.07) is 5.41. The lowest BCUT2D eigenvalue weighted by Crippen LogP contribution is -2.62. The predicted octanol–water partition coefficient (Wildman–Crippen LogP) is 3.16. The van der Waals surface area contributed by atoms with Crippen molar-refractivity contribution >= 4 is 23.8 Å². The van der Waals surface area contributed by atoms with E-state index in [4.69, 9.17) is 5.21 Å². The Hall–Kier alpha value is -2.94. The van der Waals surface area contributed by atoms with Gasteiger partial charge < -0.3 is 10.0 Å². The van der Waals surface area contributed by atoms with Gasteiger partial charge in [-0.1, -0.05) is 12.1 Å². The number of carboxylic acids is 1. The van der Waals surface area contributed by atoms with Crippen LogP contribution in [0.1, 0.15) is 73.7 Å². The molecule has 34 heavy (non-hydrogen) atoms. The molecule has 9 heteroatoms. The van der Waals surface area contributed by atoms with Gasteiger partial charge in [0.2, 0.25) is 5.91 Å². The van der Waals surface area contributed by atoms with Crippen LogP contribution in [0.25, 0.3) is 0 Å². The number of benzene rings is 1. The molecule has 4 aliphatic carbocycles. The SMILES string of the molecule is O=C(CCCC1C(=O)N(C23CC4CC(CC(C4)C2)C3)C(=O)N1Cc1cccc(C(=O)O)c1)NO. The van der Waals surface area contributed by atoms with Crippen molar-refractivity contribution in [1.29, 1.82) is 0 Å². The zero-order valence-corrected chi connectivity index (χ0v) is 19.1. The second kappa shape index (κ2) is 8.69. The van der Waals surface area contributed by atoms with Gasteiger partial charge in [-0.15, -0.1) is 0 Å². The molecule has 0 radical (unpaired) electrons. The molecule has 1 aromatic rings. The van der Waals surface area contributed by atoms with Gasteiger partial charge in [0.25, 0.3) is 5.91 Å². The molecule has 4 saturated carbocycles. The van der Waals surface area contributed by atoms with Gasteiger partial charge in [0.15, 0.2) is 0 Å². The monoisotopic (exact) mass is 469 g/mol. The van der Waals surface area contributed by atoms with E-state index < -0.39 is 23.5 Å². The number of nitrogens with one attached hydrogen (secondary N) is 1. The van der Waals surface area contributed by atoms with Crippen LogP contribution in [0.2, 0.25) is 0 Å². The smallest absolute Gasteiger partial charge is 0.335 e. The minimum absolute atomic E-state index is 0.0498. The maximum atomic E-state index is 13.8. The minimum Gasteiger partial charge on any atom is -0.478 e. The number of hydrogen-bond acceptors (Lipinski definition) is 5. The fraction of sp³-hybridized carbons (Fsp3) is 0.600. The first-order chi connectivity index (χ1) is 16.3. The summed E-state index contributed by atoms with van der Waals surface area (Å²) in [6.07, 6.45) is 6.90. The molecule has 1 aliphatic heterocycles. The van der Waals surface area contributed by atoms with Crippen molar-refractivity contribution < 1.29 is 29.5 Å². The van der Waals surface area contributed by atoms with Crippen LogP contribution in [0.4, 0.5) is 4.79 Å². The Morgan fingerprint density at radius 1 is 1.06 bits per heavy atom. The Morgan fingerprint density at radius 3 is 2.29 bits per heavy atom. The number of hydroxylamine groups is 1. The number of carboxylic acid groups (broad SMARTS) is 1. The van der Waals surface area contributed by atoms with Crippen molar-refractivity contribution in [2.24, 2.45) is 17.8 Å². The highest BCUT2D eigenvalue weighted by atomic mass is 16.5. The van der Waals surface area contributed by atoms with Crippen LogP contribution in [0.3, 0.4) is 0 Å². The van der Waals surface area contributed by atoms with Gasteiger partial charge in [0.1, 0.15) is 6.04 Å². The number of urea groups is 1. The zero-order valence-electron chi connectivity index (χ0n) is 19.1. The van der Waals surface area contributed by atoms with Gasteiger partial charge >= 0.3 is 12.0 Å². The Labute approximate surface area is 198 Å². The second-order valence-corrected chi connectivity index (χ2v) is 10.7. The summed E-state index contributed by atoms with van der Waals surface area (Å²) in [5.41, 5.74) is 1.96. The standard InChI is InChI=1S/C25H31N3O6/c29-21(26-34)6-2-5-20-22(30)28(25-11-16-7-17(12-25)9-18(8-16)13-25)24(33)27(20)14-15-3-1-4-19(10-15)23(31)32/h1,3-4,10,16-18,20,34H,2,5-9,11-14H2,(H,26,29)(H,31,32). The first-order valence-corrected chi connectivity index (χ1v) is 12.2. The Balaban J connectivity index is 1.42. The third kappa shape index (κ3) is 3.96. The van der Waals surface area contributed by atoms with E-state index in [9.17, 15) is 24.3 Å². The van der Waals surface area contributed by atoms with E-state index in [1.54, 1.807) is 27.4 Å². The van der Waals surface area contributed by atoms with E-state index in [0.29, 0.717) is 36.2 Å². The van der Waals surface area contributed by atoms with Gasteiger partial charge in [0.05, 0.1) is 11.1 Å². The zero-order chi connectivity index (χ0) is 24.0. The number of carbonyl (C=O) groups excluding carboxylic acids is 3. The molecule has 5 fully saturated rings. The Kier molecular flexibility index (Phi) is 5.83. The van der Waals surface area contributed by atoms with E-state index in [1.165, 1.54) is 31.4 Å². The molecular formula is C25H31N3O6. The molecule has 1 saturated heterocycles. The molecule has 1 aromatic carbocycles. The first kappa shape index (κ1) is 22.8. The molecule has 4 bridgehead atoms. The molecule has 9 nitrogen and oxygen atoms in total. The minimum atomic E-state index is -1.05. The lowest BCUT2D eigenvalue weighted by molar-refractivity contribution is -0.141. The summed E-state index contributed by atoms with van der Waals surface area (Å²) >= 11 is 0. The van der Waals surface area contributed by atoms with Gasteiger partial charge in [-0.2, -0.15) is 0 Å². The third-order valence-electron chi connectivity index (χ3n) is 8.33. The third-order valence-corrected chi connectivity index (χ3v) is 8.33. The van der Waals surface area contributed by atoms with Crippen LogP contribution in [0.5, 0.6) is 0 Å². The number of imide groups is 1. The molecule has 1 atom stereocenters. The van der Waals surface area contributed by atoms with Crippen molar-refractivity contribution in [1.82, 2.24) is 15.3 Å². The van der Waals surface area contributed by atoms with Crippen LogP contribution in [-0.2, 0) is 16.1 Å². The number of rotatable bonds is 8. The summed E-state index contributed by atoms with van der Waals surface area (Å²) in [7, 11) is 0. The van der Waals surface area contributed by atoms with Crippen LogP contribution in [-0.4, -0.2) is 55.5 Å². The number of nitrogens with zero attached hydrogens (tertiary/aromatic N) is 2. The molecule has 3 N–H and O–H groups in total. The van der Waals surface area contributed by atoms with E-state index >= 15 is 0 Å². The van der Waals surface area contributed by atoms with Crippen LogP contribution in [0.15, 0.2) is 24.3 Å². The lowest BCUT2D eigenvalue weighted by atomic mass is 9.52. The molecular weight excluding hydrogens is 438 g/mol. The number of carbonyl (C=O) groups is 4. The highest BCUT2D eigenvalue weighted by Crippen LogP contribution is 2.58. The normalized spacial score (nSPS) is 31.9. The Morgan fingerprint density at radius 2 is 1.71 bits per heavy atom. The van der Waals surface area contributed by atoms with Crippen LogP contribution in [0, 0.1) is 17.8 Å². The van der Waals surface area contributed by atoms with Gasteiger partial charge in [-0.25, -0.2) is 15.1 Å². The number of aromatic carboxylic acids is 1. The van der Waals surface area contributed by atoms with Crippen LogP contribution >= 0.6 is 0 Å². The maximum Gasteiger partial charge on any atom is 0.335 e. The van der Waals surface area contributed by atoms with Gasteiger partial charge in [-0.3, -0.25) is 19.7 Å². The van der Waals surface area contributed by atoms with Crippen molar-refractivity contribution in [2.45, 2.75) is 75.9 Å². The fourth-order valence-corrected chi connectivity index (χ4v) is 7.38. The molecule has 182 valence electrons. The number of amides is 4. The summed E-state index contributed by atoms with van der Waals surface area (Å²) in [5.74, 6) is -0.0758. The summed E-state index contributed by atoms with van der Waals surface area (Å²) < 4.78 is 0. The highest BCUT2D eigenvalue weighted by molar-refractivity contribution is 6.05. The summed E-state index contributed by atoms with van der Waals surface area (Å²) in [6.45, 7) is 0.130. The Bertz CT molecular complexity index is 988. The van der Waals surface area contributed by atoms with Gasteiger partial charge in [-0.05, 0) is 86.8 Å². The molecule has 1 heterocycles. The molecule has 0 aromatic heterocycles. The molecule has 4 amide bonds. The van der Waals surface area contributed by atoms with Crippen molar-refractivity contribution in [2.75, 3.05) is 0 Å². The average molecular weight is 470 g/mol. The predicted molar refractivity (Wildman–Crippen MR) is 120 cm³/mol. The largest absolute Gasteiger partial charge is 0.478 e. The molecule has 5 aliphatic rings. The van der Waals surface area contributed by atoms with Gasteiger partial charge in [0, 0.05) is 13.0 Å². The van der Waals surface area contributed by atoms with Crippen molar-refractivity contribution in [3.05, 3.63) is 35.4 Å². The second-order valence-electron chi connectivity index (χ2n) is 10.7. The topological polar surface area (TPSA) is 127 Å². The van der Waals surface area contributed by atoms with E-state index in [0.717, 1.165) is 19.3 Å². The highest BCUT2D eigenvalue weighted by Gasteiger charge is 2.60. The van der Waals surface area contributed by atoms with Crippen molar-refractivity contribution in [3.8, 4) is 0 Å². The fourth-order valence-electron chi connectivity index (χ4n) is 7.38. The van der Waals surface area contributed by atoms with E-state index in [1.807, 2.05) is 0 Å². The van der Waals surface area contributed by atoms with E-state index in [2.05, 4.69) is 0 Å². The molecule has 1 unspecified atom stereocenters. The maximum absolute atomic E-state index is 13.8. The van der Waals surface area contributed by atoms with Crippen LogP contribution < -0.4 is 5.48 Å². The number of hydrogen-bond donors (Lipinski definition) is 3. The first-order valence-electron chi connectivity index (χ1n) is 12.2. The summed E-state index contributed by atoms with van der Waals surface area (Å²) in [4.78, 5) is 53.6. The average Bonchev–Trinajstić information content (AvgIpc) is 3.02. The molecule has 0 spiro atoms.